The van der Waals surface area contributed by atoms with Gasteiger partial charge in [0, 0.05) is 4.88 Å². The second-order valence-electron chi connectivity index (χ2n) is 6.82. The number of hydrogen-bond donors (Lipinski definition) is 2. The van der Waals surface area contributed by atoms with Gasteiger partial charge in [-0.3, -0.25) is 20.4 Å². The molecular formula is C19H18ClN5O2S. The molecule has 0 fully saturated rings. The molecule has 0 aliphatic heterocycles. The summed E-state index contributed by atoms with van der Waals surface area (Å²) in [6.07, 6.45) is 4.60. The van der Waals surface area contributed by atoms with Crippen LogP contribution >= 0.6 is 22.9 Å². The summed E-state index contributed by atoms with van der Waals surface area (Å²) < 4.78 is 1.41. The van der Waals surface area contributed by atoms with Crippen molar-refractivity contribution in [3.05, 3.63) is 62.6 Å². The number of carbonyl (C=O) groups excluding carboxylic acids is 2. The molecule has 0 bridgehead atoms. The smallest absolute Gasteiger partial charge is 0.266 e. The van der Waals surface area contributed by atoms with E-state index < -0.39 is 5.91 Å². The maximum Gasteiger partial charge on any atom is 0.291 e. The van der Waals surface area contributed by atoms with Crippen molar-refractivity contribution in [3.8, 4) is 5.69 Å². The van der Waals surface area contributed by atoms with Crippen LogP contribution in [0, 0.1) is 5.92 Å². The van der Waals surface area contributed by atoms with Crippen LogP contribution in [-0.2, 0) is 12.8 Å². The van der Waals surface area contributed by atoms with Crippen molar-refractivity contribution in [1.82, 2.24) is 25.8 Å². The first-order chi connectivity index (χ1) is 13.5. The van der Waals surface area contributed by atoms with Gasteiger partial charge in [-0.1, -0.05) is 35.9 Å². The number of nitrogens with zero attached hydrogens (tertiary/aromatic N) is 3. The summed E-state index contributed by atoms with van der Waals surface area (Å²) in [4.78, 5) is 26.5. The van der Waals surface area contributed by atoms with Crippen LogP contribution in [0.2, 0.25) is 5.02 Å². The van der Waals surface area contributed by atoms with Gasteiger partial charge in [-0.15, -0.1) is 16.4 Å². The molecule has 0 spiro atoms. The normalized spacial score (nSPS) is 15.7. The van der Waals surface area contributed by atoms with Crippen LogP contribution in [0.3, 0.4) is 0 Å². The van der Waals surface area contributed by atoms with Crippen molar-refractivity contribution < 1.29 is 9.59 Å². The van der Waals surface area contributed by atoms with Crippen molar-refractivity contribution >= 4 is 34.8 Å². The Labute approximate surface area is 170 Å². The fourth-order valence-corrected chi connectivity index (χ4v) is 4.51. The van der Waals surface area contributed by atoms with Gasteiger partial charge in [0.2, 0.25) is 0 Å². The third kappa shape index (κ3) is 3.79. The van der Waals surface area contributed by atoms with E-state index in [0.717, 1.165) is 19.3 Å². The molecule has 9 heteroatoms. The Hall–Kier alpha value is -2.71. The van der Waals surface area contributed by atoms with E-state index in [9.17, 15) is 9.59 Å². The minimum Gasteiger partial charge on any atom is -0.266 e. The molecule has 7 nitrogen and oxygen atoms in total. The average molecular weight is 416 g/mol. The zero-order chi connectivity index (χ0) is 19.7. The van der Waals surface area contributed by atoms with Crippen molar-refractivity contribution in [2.45, 2.75) is 26.2 Å². The first-order valence-corrected chi connectivity index (χ1v) is 10.1. The second-order valence-corrected chi connectivity index (χ2v) is 8.36. The van der Waals surface area contributed by atoms with Gasteiger partial charge in [-0.25, -0.2) is 4.68 Å². The Kier molecular flexibility index (Phi) is 5.15. The number of thiophene rings is 1. The average Bonchev–Trinajstić information content (AvgIpc) is 3.33. The number of aryl methyl sites for hydroxylation is 1. The molecule has 1 aliphatic carbocycles. The third-order valence-corrected chi connectivity index (χ3v) is 6.22. The molecule has 1 atom stereocenters. The zero-order valence-electron chi connectivity index (χ0n) is 15.1. The van der Waals surface area contributed by atoms with Crippen LogP contribution in [0.1, 0.15) is 43.9 Å². The number of aromatic nitrogens is 3. The molecule has 2 N–H and O–H groups in total. The highest BCUT2D eigenvalue weighted by Crippen LogP contribution is 2.32. The molecule has 1 aliphatic rings. The summed E-state index contributed by atoms with van der Waals surface area (Å²) in [5, 5.41) is 8.24. The minimum absolute atomic E-state index is 0.0690. The molecular weight excluding hydrogens is 398 g/mol. The van der Waals surface area contributed by atoms with E-state index in [1.165, 1.54) is 32.7 Å². The van der Waals surface area contributed by atoms with E-state index in [4.69, 9.17) is 11.6 Å². The lowest BCUT2D eigenvalue weighted by Gasteiger charge is -2.16. The Morgan fingerprint density at radius 3 is 2.86 bits per heavy atom. The molecule has 3 aromatic rings. The highest BCUT2D eigenvalue weighted by Gasteiger charge is 2.21. The first-order valence-electron chi connectivity index (χ1n) is 8.91. The number of carbonyl (C=O) groups is 2. The highest BCUT2D eigenvalue weighted by atomic mass is 35.5. The number of nitrogens with one attached hydrogen (secondary N) is 2. The van der Waals surface area contributed by atoms with Crippen LogP contribution in [-0.4, -0.2) is 26.8 Å². The summed E-state index contributed by atoms with van der Waals surface area (Å²) >= 11 is 7.61. The van der Waals surface area contributed by atoms with Crippen molar-refractivity contribution in [3.63, 3.8) is 0 Å². The van der Waals surface area contributed by atoms with Gasteiger partial charge >= 0.3 is 0 Å². The van der Waals surface area contributed by atoms with Gasteiger partial charge in [-0.2, -0.15) is 0 Å². The molecule has 4 rings (SSSR count). The monoisotopic (exact) mass is 415 g/mol. The van der Waals surface area contributed by atoms with Crippen LogP contribution < -0.4 is 10.9 Å². The number of para-hydroxylation sites is 1. The zero-order valence-corrected chi connectivity index (χ0v) is 16.7. The maximum absolute atomic E-state index is 12.4. The summed E-state index contributed by atoms with van der Waals surface area (Å²) in [5.74, 6) is -0.251. The molecule has 0 radical (unpaired) electrons. The van der Waals surface area contributed by atoms with Crippen molar-refractivity contribution in [1.29, 1.82) is 0 Å². The van der Waals surface area contributed by atoms with E-state index >= 15 is 0 Å². The minimum atomic E-state index is -0.554. The molecule has 2 aromatic heterocycles. The van der Waals surface area contributed by atoms with Gasteiger partial charge in [-0.05, 0) is 48.9 Å². The number of benzene rings is 1. The topological polar surface area (TPSA) is 88.9 Å². The summed E-state index contributed by atoms with van der Waals surface area (Å²) in [7, 11) is 0. The van der Waals surface area contributed by atoms with Crippen LogP contribution in [0.25, 0.3) is 5.69 Å². The number of fused-ring (bicyclic) bond motifs is 1. The third-order valence-electron chi connectivity index (χ3n) is 4.67. The van der Waals surface area contributed by atoms with Crippen molar-refractivity contribution in [2.75, 3.05) is 0 Å². The van der Waals surface area contributed by atoms with E-state index in [-0.39, 0.29) is 11.6 Å². The van der Waals surface area contributed by atoms with Crippen LogP contribution in [0.15, 0.2) is 36.5 Å². The van der Waals surface area contributed by atoms with Gasteiger partial charge < -0.3 is 0 Å². The quantitative estimate of drug-likeness (QED) is 0.643. The van der Waals surface area contributed by atoms with Crippen LogP contribution in [0.5, 0.6) is 0 Å². The van der Waals surface area contributed by atoms with Gasteiger partial charge in [0.05, 0.1) is 21.8 Å². The molecule has 2 heterocycles. The molecule has 0 saturated carbocycles. The SMILES string of the molecule is CC1CCc2sc(C(=O)NNC(=O)c3cn(-c4ccccc4Cl)nn3)cc2C1. The number of amides is 2. The molecule has 28 heavy (non-hydrogen) atoms. The lowest BCUT2D eigenvalue weighted by Crippen LogP contribution is -2.41. The largest absolute Gasteiger partial charge is 0.291 e. The maximum atomic E-state index is 12.4. The van der Waals surface area contributed by atoms with E-state index in [0.29, 0.717) is 21.5 Å². The predicted octanol–water partition coefficient (Wildman–Crippen LogP) is 3.18. The Balaban J connectivity index is 1.40. The fourth-order valence-electron chi connectivity index (χ4n) is 3.18. The predicted molar refractivity (Wildman–Crippen MR) is 107 cm³/mol. The van der Waals surface area contributed by atoms with Crippen molar-refractivity contribution in [2.24, 2.45) is 5.92 Å². The fraction of sp³-hybridized carbons (Fsp3) is 0.263. The summed E-state index contributed by atoms with van der Waals surface area (Å²) in [6, 6.07) is 9.02. The van der Waals surface area contributed by atoms with E-state index in [1.807, 2.05) is 12.1 Å². The number of hydrazine groups is 1. The molecule has 1 aromatic carbocycles. The molecule has 0 saturated heterocycles. The number of rotatable bonds is 3. The van der Waals surface area contributed by atoms with Gasteiger partial charge in [0.25, 0.3) is 11.8 Å². The Bertz CT molecular complexity index is 1040. The highest BCUT2D eigenvalue weighted by molar-refractivity contribution is 7.14. The standard InChI is InChI=1S/C19H18ClN5O2S/c1-11-6-7-16-12(8-11)9-17(28-16)19(27)23-22-18(26)14-10-25(24-21-14)15-5-3-2-4-13(15)20/h2-5,9-11H,6-8H2,1H3,(H,22,26)(H,23,27). The molecule has 1 unspecified atom stereocenters. The summed E-state index contributed by atoms with van der Waals surface area (Å²) in [6.45, 7) is 2.22. The van der Waals surface area contributed by atoms with E-state index in [1.54, 1.807) is 18.2 Å². The van der Waals surface area contributed by atoms with Gasteiger partial charge in [0.1, 0.15) is 0 Å². The summed E-state index contributed by atoms with van der Waals surface area (Å²) in [5.41, 5.74) is 6.75. The number of hydrogen-bond acceptors (Lipinski definition) is 5. The lowest BCUT2D eigenvalue weighted by atomic mass is 9.90. The lowest BCUT2D eigenvalue weighted by molar-refractivity contribution is 0.0846. The van der Waals surface area contributed by atoms with E-state index in [2.05, 4.69) is 28.1 Å². The molecule has 2 amide bonds. The first kappa shape index (κ1) is 18.6. The van der Waals surface area contributed by atoms with Crippen LogP contribution in [0.4, 0.5) is 0 Å². The Morgan fingerprint density at radius 2 is 2.04 bits per heavy atom. The number of halogens is 1. The second kappa shape index (κ2) is 7.73. The molecule has 144 valence electrons. The van der Waals surface area contributed by atoms with Gasteiger partial charge in [0.15, 0.2) is 5.69 Å². The Morgan fingerprint density at radius 1 is 1.25 bits per heavy atom.